The van der Waals surface area contributed by atoms with Crippen LogP contribution in [-0.4, -0.2) is 118 Å². The van der Waals surface area contributed by atoms with Gasteiger partial charge in [0, 0.05) is 60.4 Å². The molecule has 0 atom stereocenters. The summed E-state index contributed by atoms with van der Waals surface area (Å²) in [6.45, 7) is 88.2. The maximum Gasteiger partial charge on any atom is 0.0171 e. The molecule has 0 saturated carbocycles. The number of rotatable bonds is 0. The minimum Gasteiger partial charge on any atom is -0.298 e. The quantitative estimate of drug-likeness (QED) is 0.224. The predicted octanol–water partition coefficient (Wildman–Crippen LogP) is 18.4. The van der Waals surface area contributed by atoms with E-state index in [4.69, 9.17) is 0 Å². The van der Waals surface area contributed by atoms with Gasteiger partial charge in [-0.25, -0.2) is 0 Å². The Hall–Kier alpha value is -0.460. The first-order valence-corrected chi connectivity index (χ1v) is 28.7. The second kappa shape index (κ2) is 34.1. The third kappa shape index (κ3) is 36.2. The van der Waals surface area contributed by atoms with Gasteiger partial charge in [-0.05, 0) is 210 Å². The minimum absolute atomic E-state index is 0.344. The number of hydrogen-bond donors (Lipinski definition) is 0. The third-order valence-corrected chi connectivity index (χ3v) is 13.6. The van der Waals surface area contributed by atoms with Crippen LogP contribution in [0.2, 0.25) is 0 Å². The fourth-order valence-corrected chi connectivity index (χ4v) is 8.40. The van der Waals surface area contributed by atoms with Crippen LogP contribution in [0.1, 0.15) is 280 Å². The largest absolute Gasteiger partial charge is 0.298 e. The summed E-state index contributed by atoms with van der Waals surface area (Å²) in [6.07, 6.45) is 11.7. The lowest BCUT2D eigenvalue weighted by atomic mass is 9.81. The lowest BCUT2D eigenvalue weighted by molar-refractivity contribution is -0.0366. The number of nitrogens with zero attached hydrogens (tertiary/aromatic N) is 5. The standard InChI is InChI=1S/C12H25N.C11H23N.C10H21N.C10H19N.C9H19N.5C2H6/c1-11(2,3)13-9-6-7-12(4,5)8-10-13;1-10(2,3)12-8-6-11(4,5)7-9-12;1-9(2,3)11-7-6-10(4,5)8-11;1-9-5-7-11(8-6-9)10(2,3)4;1-8(2,3)10-6-9(4,5)7-10;5*1-2/h6-10H2,1-5H3;6-9H2,1-5H3;6-8H2,1-5H3;5H,6-8H2,1-4H3;6-7H2,1-5H3;5*1-2H3. The first-order chi connectivity index (χ1) is 30.2. The van der Waals surface area contributed by atoms with Gasteiger partial charge in [0.1, 0.15) is 0 Å². The molecule has 5 nitrogen and oxygen atoms in total. The molecule has 0 unspecified atom stereocenters. The van der Waals surface area contributed by atoms with E-state index in [9.17, 15) is 0 Å². The van der Waals surface area contributed by atoms with E-state index in [1.54, 1.807) is 5.57 Å². The van der Waals surface area contributed by atoms with Gasteiger partial charge in [-0.3, -0.25) is 24.5 Å². The van der Waals surface area contributed by atoms with Gasteiger partial charge >= 0.3 is 0 Å². The van der Waals surface area contributed by atoms with E-state index < -0.39 is 0 Å². The van der Waals surface area contributed by atoms with E-state index in [1.165, 1.54) is 104 Å². The van der Waals surface area contributed by atoms with E-state index >= 15 is 0 Å². The molecule has 0 aromatic rings. The first kappa shape index (κ1) is 75.5. The van der Waals surface area contributed by atoms with Crippen molar-refractivity contribution in [3.05, 3.63) is 11.6 Å². The van der Waals surface area contributed by atoms with Crippen molar-refractivity contribution in [2.45, 2.75) is 308 Å². The van der Waals surface area contributed by atoms with Gasteiger partial charge in [0.25, 0.3) is 0 Å². The Morgan fingerprint density at radius 2 is 0.612 bits per heavy atom. The van der Waals surface area contributed by atoms with Crippen LogP contribution < -0.4 is 0 Å². The summed E-state index contributed by atoms with van der Waals surface area (Å²) in [5.74, 6) is 0. The smallest absolute Gasteiger partial charge is 0.0171 e. The van der Waals surface area contributed by atoms with Crippen LogP contribution in [0, 0.1) is 21.7 Å². The molecule has 0 aliphatic carbocycles. The summed E-state index contributed by atoms with van der Waals surface area (Å²) in [7, 11) is 0. The number of likely N-dealkylation sites (tertiary alicyclic amines) is 4. The van der Waals surface area contributed by atoms with Crippen molar-refractivity contribution in [3.63, 3.8) is 0 Å². The molecule has 4 fully saturated rings. The Balaban J connectivity index is -0.000000228. The third-order valence-electron chi connectivity index (χ3n) is 13.6. The predicted molar refractivity (Wildman–Crippen MR) is 315 cm³/mol. The molecule has 5 aliphatic heterocycles. The fraction of sp³-hybridized carbons (Fsp3) is 0.968. The summed E-state index contributed by atoms with van der Waals surface area (Å²) in [5, 5.41) is 0. The highest BCUT2D eigenvalue weighted by molar-refractivity contribution is 5.05. The van der Waals surface area contributed by atoms with Crippen molar-refractivity contribution in [1.82, 2.24) is 24.5 Å². The van der Waals surface area contributed by atoms with Crippen LogP contribution in [0.3, 0.4) is 0 Å². The van der Waals surface area contributed by atoms with Crippen molar-refractivity contribution in [2.75, 3.05) is 65.4 Å². The molecular weight excluding hydrogens is 815 g/mol. The zero-order valence-electron chi connectivity index (χ0n) is 53.8. The minimum atomic E-state index is 0.344. The van der Waals surface area contributed by atoms with Gasteiger partial charge in [-0.1, -0.05) is 136 Å². The summed E-state index contributed by atoms with van der Waals surface area (Å²) in [6, 6.07) is 0. The average Bonchev–Trinajstić information content (AvgIpc) is 3.47. The van der Waals surface area contributed by atoms with E-state index in [-0.39, 0.29) is 0 Å². The molecule has 0 bridgehead atoms. The number of hydrogen-bond acceptors (Lipinski definition) is 5. The molecule has 0 amide bonds. The lowest BCUT2D eigenvalue weighted by Crippen LogP contribution is -2.60. The van der Waals surface area contributed by atoms with Crippen LogP contribution in [0.15, 0.2) is 11.6 Å². The SMILES string of the molecule is CC.CC.CC.CC.CC.CC1(C)CCCN(C(C)(C)C)CC1.CC1(C)CCN(C(C)(C)C)C1.CC1(C)CCN(C(C)(C)C)CC1.CC1(C)CN(C(C)(C)C)C1.CC1=CCN(C(C)(C)C)CC1. The summed E-state index contributed by atoms with van der Waals surface area (Å²) in [4.78, 5) is 12.8. The molecule has 5 heterocycles. The molecule has 5 rings (SSSR count). The Morgan fingerprint density at radius 1 is 0.328 bits per heavy atom. The van der Waals surface area contributed by atoms with Gasteiger partial charge in [-0.2, -0.15) is 0 Å². The average molecular weight is 953 g/mol. The Bertz CT molecular complexity index is 1170. The molecule has 0 aromatic carbocycles. The molecule has 5 aliphatic rings. The zero-order valence-corrected chi connectivity index (χ0v) is 53.8. The summed E-state index contributed by atoms with van der Waals surface area (Å²) < 4.78 is 0. The monoisotopic (exact) mass is 952 g/mol. The Kier molecular flexibility index (Phi) is 38.4. The molecule has 4 saturated heterocycles. The topological polar surface area (TPSA) is 16.2 Å². The van der Waals surface area contributed by atoms with Crippen LogP contribution in [-0.2, 0) is 0 Å². The normalized spacial score (nSPS) is 21.7. The molecular formula is C62H137N5. The maximum atomic E-state index is 2.63. The van der Waals surface area contributed by atoms with Gasteiger partial charge in [0.2, 0.25) is 0 Å². The second-order valence-electron chi connectivity index (χ2n) is 27.1. The molecule has 67 heavy (non-hydrogen) atoms. The Labute approximate surface area is 429 Å². The fourth-order valence-electron chi connectivity index (χ4n) is 8.40. The summed E-state index contributed by atoms with van der Waals surface area (Å²) in [5.41, 5.74) is 5.66. The first-order valence-electron chi connectivity index (χ1n) is 28.7. The van der Waals surface area contributed by atoms with Gasteiger partial charge in [0.05, 0.1) is 0 Å². The molecule has 0 aromatic heterocycles. The highest BCUT2D eigenvalue weighted by Gasteiger charge is 2.39. The molecule has 0 spiro atoms. The zero-order chi connectivity index (χ0) is 54.7. The highest BCUT2D eigenvalue weighted by Crippen LogP contribution is 2.36. The van der Waals surface area contributed by atoms with Crippen LogP contribution >= 0.6 is 0 Å². The van der Waals surface area contributed by atoms with Crippen molar-refractivity contribution >= 4 is 0 Å². The van der Waals surface area contributed by atoms with Crippen molar-refractivity contribution in [1.29, 1.82) is 0 Å². The van der Waals surface area contributed by atoms with Crippen molar-refractivity contribution < 1.29 is 0 Å². The van der Waals surface area contributed by atoms with E-state index in [2.05, 4.69) is 197 Å². The van der Waals surface area contributed by atoms with Crippen molar-refractivity contribution in [3.8, 4) is 0 Å². The lowest BCUT2D eigenvalue weighted by Gasteiger charge is -2.52. The van der Waals surface area contributed by atoms with Crippen LogP contribution in [0.5, 0.6) is 0 Å². The Morgan fingerprint density at radius 3 is 0.851 bits per heavy atom. The van der Waals surface area contributed by atoms with Gasteiger partial charge in [-0.15, -0.1) is 0 Å². The summed E-state index contributed by atoms with van der Waals surface area (Å²) >= 11 is 0. The highest BCUT2D eigenvalue weighted by atomic mass is 15.3. The van der Waals surface area contributed by atoms with E-state index in [0.717, 1.165) is 6.54 Å². The van der Waals surface area contributed by atoms with Crippen molar-refractivity contribution in [2.24, 2.45) is 21.7 Å². The molecule has 0 N–H and O–H groups in total. The van der Waals surface area contributed by atoms with Gasteiger partial charge < -0.3 is 0 Å². The van der Waals surface area contributed by atoms with Gasteiger partial charge in [0.15, 0.2) is 0 Å². The van der Waals surface area contributed by atoms with Crippen LogP contribution in [0.4, 0.5) is 0 Å². The van der Waals surface area contributed by atoms with Crippen LogP contribution in [0.25, 0.3) is 0 Å². The van der Waals surface area contributed by atoms with E-state index in [0.29, 0.717) is 49.4 Å². The molecule has 410 valence electrons. The van der Waals surface area contributed by atoms with E-state index in [1.807, 2.05) is 69.2 Å². The maximum absolute atomic E-state index is 2.63. The molecule has 0 radical (unpaired) electrons. The number of piperidine rings is 1. The second-order valence-corrected chi connectivity index (χ2v) is 27.1. The molecule has 5 heteroatoms.